The molecule has 0 spiro atoms. The standard InChI is InChI=1S/C22H23NO/c1-4-23-12-11-19-20(23)10-9-17-14(3)16-8-7-15-13(2)5-6-18(15)21(16)24-22(17)19/h7-10H,4-6,11-12H2,1-3H3. The highest BCUT2D eigenvalue weighted by Gasteiger charge is 2.28. The van der Waals surface area contributed by atoms with Gasteiger partial charge in [0, 0.05) is 40.7 Å². The number of anilines is 1. The molecule has 0 radical (unpaired) electrons. The smallest absolute Gasteiger partial charge is 0.140 e. The zero-order valence-corrected chi connectivity index (χ0v) is 14.7. The van der Waals surface area contributed by atoms with Gasteiger partial charge >= 0.3 is 0 Å². The first kappa shape index (κ1) is 14.2. The van der Waals surface area contributed by atoms with E-state index in [4.69, 9.17) is 4.74 Å². The van der Waals surface area contributed by atoms with Crippen molar-refractivity contribution in [2.75, 3.05) is 18.0 Å². The van der Waals surface area contributed by atoms with E-state index in [1.165, 1.54) is 44.0 Å². The second-order valence-corrected chi connectivity index (χ2v) is 7.25. The Labute approximate surface area is 143 Å². The van der Waals surface area contributed by atoms with E-state index in [1.54, 1.807) is 0 Å². The van der Waals surface area contributed by atoms with Crippen LogP contribution >= 0.6 is 0 Å². The van der Waals surface area contributed by atoms with Crippen LogP contribution in [0.25, 0.3) is 11.1 Å². The zero-order chi connectivity index (χ0) is 16.4. The minimum atomic E-state index is 1.06. The maximum Gasteiger partial charge on any atom is 0.140 e. The molecule has 0 saturated heterocycles. The molecule has 0 atom stereocenters. The van der Waals surface area contributed by atoms with Gasteiger partial charge in [0.1, 0.15) is 11.5 Å². The number of fused-ring (bicyclic) bond motifs is 6. The summed E-state index contributed by atoms with van der Waals surface area (Å²) >= 11 is 0. The Kier molecular flexibility index (Phi) is 2.88. The van der Waals surface area contributed by atoms with Crippen molar-refractivity contribution in [2.24, 2.45) is 0 Å². The molecule has 122 valence electrons. The van der Waals surface area contributed by atoms with Gasteiger partial charge in [0.05, 0.1) is 0 Å². The van der Waals surface area contributed by atoms with Gasteiger partial charge in [-0.25, -0.2) is 0 Å². The number of likely N-dealkylation sites (N-methyl/N-ethyl adjacent to an activating group) is 1. The average molecular weight is 317 g/mol. The first-order chi connectivity index (χ1) is 11.7. The van der Waals surface area contributed by atoms with Gasteiger partial charge in [0.2, 0.25) is 0 Å². The summed E-state index contributed by atoms with van der Waals surface area (Å²) in [7, 11) is 0. The van der Waals surface area contributed by atoms with Crippen LogP contribution in [0.2, 0.25) is 0 Å². The van der Waals surface area contributed by atoms with E-state index in [9.17, 15) is 0 Å². The molecule has 2 nitrogen and oxygen atoms in total. The van der Waals surface area contributed by atoms with E-state index in [0.29, 0.717) is 0 Å². The fourth-order valence-corrected chi connectivity index (χ4v) is 4.64. The fourth-order valence-electron chi connectivity index (χ4n) is 4.64. The van der Waals surface area contributed by atoms with Crippen LogP contribution in [0.4, 0.5) is 5.69 Å². The van der Waals surface area contributed by atoms with Gasteiger partial charge in [0.25, 0.3) is 0 Å². The van der Waals surface area contributed by atoms with Crippen molar-refractivity contribution >= 4 is 16.8 Å². The molecule has 2 heteroatoms. The number of rotatable bonds is 1. The lowest BCUT2D eigenvalue weighted by Crippen LogP contribution is -2.22. The van der Waals surface area contributed by atoms with Crippen LogP contribution in [0.15, 0.2) is 24.3 Å². The Hall–Kier alpha value is -2.22. The molecule has 2 heterocycles. The molecular formula is C22H23NO. The van der Waals surface area contributed by atoms with Crippen LogP contribution in [-0.2, 0) is 12.8 Å². The third-order valence-corrected chi connectivity index (χ3v) is 6.07. The summed E-state index contributed by atoms with van der Waals surface area (Å²) in [5.41, 5.74) is 8.31. The van der Waals surface area contributed by atoms with Crippen LogP contribution < -0.4 is 20.1 Å². The molecule has 2 aliphatic heterocycles. The monoisotopic (exact) mass is 317 g/mol. The van der Waals surface area contributed by atoms with Crippen molar-refractivity contribution < 1.29 is 4.74 Å². The predicted molar refractivity (Wildman–Crippen MR) is 99.4 cm³/mol. The van der Waals surface area contributed by atoms with Gasteiger partial charge in [-0.3, -0.25) is 0 Å². The van der Waals surface area contributed by atoms with Gasteiger partial charge in [-0.15, -0.1) is 0 Å². The fraction of sp³-hybridized carbons (Fsp3) is 0.364. The molecule has 0 aromatic heterocycles. The summed E-state index contributed by atoms with van der Waals surface area (Å²) in [5.74, 6) is 2.24. The van der Waals surface area contributed by atoms with E-state index >= 15 is 0 Å². The van der Waals surface area contributed by atoms with E-state index in [-0.39, 0.29) is 0 Å². The molecule has 0 amide bonds. The van der Waals surface area contributed by atoms with Crippen molar-refractivity contribution in [1.29, 1.82) is 0 Å². The van der Waals surface area contributed by atoms with Crippen LogP contribution in [0, 0.1) is 0 Å². The summed E-state index contributed by atoms with van der Waals surface area (Å²) in [6, 6.07) is 9.09. The zero-order valence-electron chi connectivity index (χ0n) is 14.7. The minimum absolute atomic E-state index is 1.06. The molecule has 0 bridgehead atoms. The maximum atomic E-state index is 6.61. The number of nitrogens with zero attached hydrogens (tertiary/aromatic N) is 1. The highest BCUT2D eigenvalue weighted by atomic mass is 16.5. The highest BCUT2D eigenvalue weighted by molar-refractivity contribution is 5.80. The SMILES string of the molecule is CCN1CCc2c1ccc1c2Oc2c3c(ccc2=C1C)=C(C)CC3. The van der Waals surface area contributed by atoms with Crippen molar-refractivity contribution in [3.8, 4) is 11.5 Å². The minimum Gasteiger partial charge on any atom is -0.455 e. The molecule has 0 N–H and O–H groups in total. The van der Waals surface area contributed by atoms with Gasteiger partial charge in [-0.05, 0) is 63.0 Å². The van der Waals surface area contributed by atoms with Crippen molar-refractivity contribution in [3.05, 3.63) is 51.4 Å². The summed E-state index contributed by atoms with van der Waals surface area (Å²) < 4.78 is 6.61. The average Bonchev–Trinajstić information content (AvgIpc) is 3.19. The Morgan fingerprint density at radius 3 is 2.58 bits per heavy atom. The van der Waals surface area contributed by atoms with E-state index < -0.39 is 0 Å². The summed E-state index contributed by atoms with van der Waals surface area (Å²) in [5, 5.41) is 2.69. The Morgan fingerprint density at radius 2 is 1.75 bits per heavy atom. The quantitative estimate of drug-likeness (QED) is 0.798. The normalized spacial score (nSPS) is 17.4. The van der Waals surface area contributed by atoms with Crippen LogP contribution in [-0.4, -0.2) is 13.1 Å². The lowest BCUT2D eigenvalue weighted by molar-refractivity contribution is 0.461. The second-order valence-electron chi connectivity index (χ2n) is 7.25. The largest absolute Gasteiger partial charge is 0.455 e. The van der Waals surface area contributed by atoms with Crippen LogP contribution in [0.3, 0.4) is 0 Å². The summed E-state index contributed by atoms with van der Waals surface area (Å²) in [6.45, 7) is 8.90. The maximum absolute atomic E-state index is 6.61. The van der Waals surface area contributed by atoms with Gasteiger partial charge in [-0.1, -0.05) is 17.7 Å². The van der Waals surface area contributed by atoms with E-state index in [1.807, 2.05) is 0 Å². The summed E-state index contributed by atoms with van der Waals surface area (Å²) in [4.78, 5) is 2.46. The molecule has 1 aliphatic carbocycles. The molecule has 2 aromatic rings. The van der Waals surface area contributed by atoms with Gasteiger partial charge < -0.3 is 9.64 Å². The number of hydrogen-bond acceptors (Lipinski definition) is 2. The first-order valence-corrected chi connectivity index (χ1v) is 9.10. The van der Waals surface area contributed by atoms with Crippen LogP contribution in [0.1, 0.15) is 43.9 Å². The molecule has 0 unspecified atom stereocenters. The van der Waals surface area contributed by atoms with Crippen molar-refractivity contribution in [2.45, 2.75) is 40.0 Å². The van der Waals surface area contributed by atoms with Gasteiger partial charge in [-0.2, -0.15) is 0 Å². The third-order valence-electron chi connectivity index (χ3n) is 6.07. The molecular weight excluding hydrogens is 294 g/mol. The Bertz CT molecular complexity index is 1000. The lowest BCUT2D eigenvalue weighted by Gasteiger charge is -2.24. The Morgan fingerprint density at radius 1 is 0.917 bits per heavy atom. The molecule has 0 fully saturated rings. The lowest BCUT2D eigenvalue weighted by atomic mass is 9.95. The van der Waals surface area contributed by atoms with Crippen molar-refractivity contribution in [3.63, 3.8) is 0 Å². The van der Waals surface area contributed by atoms with Crippen LogP contribution in [0.5, 0.6) is 11.5 Å². The van der Waals surface area contributed by atoms with Gasteiger partial charge in [0.15, 0.2) is 0 Å². The molecule has 3 aliphatic rings. The number of benzene rings is 2. The third kappa shape index (κ3) is 1.71. The highest BCUT2D eigenvalue weighted by Crippen LogP contribution is 2.44. The van der Waals surface area contributed by atoms with E-state index in [2.05, 4.69) is 49.9 Å². The molecule has 24 heavy (non-hydrogen) atoms. The van der Waals surface area contributed by atoms with Crippen molar-refractivity contribution in [1.82, 2.24) is 0 Å². The Balaban J connectivity index is 1.79. The molecule has 2 aromatic carbocycles. The molecule has 5 rings (SSSR count). The number of hydrogen-bond donors (Lipinski definition) is 0. The first-order valence-electron chi connectivity index (χ1n) is 9.10. The molecule has 0 saturated carbocycles. The number of ether oxygens (including phenoxy) is 1. The topological polar surface area (TPSA) is 12.5 Å². The second kappa shape index (κ2) is 4.89. The predicted octanol–water partition coefficient (Wildman–Crippen LogP) is 3.51. The summed E-state index contributed by atoms with van der Waals surface area (Å²) in [6.07, 6.45) is 3.37. The van der Waals surface area contributed by atoms with E-state index in [0.717, 1.165) is 43.9 Å².